The lowest BCUT2D eigenvalue weighted by Gasteiger charge is -2.16. The first-order valence-electron chi connectivity index (χ1n) is 4.87. The van der Waals surface area contributed by atoms with E-state index in [0.717, 1.165) is 19.0 Å². The van der Waals surface area contributed by atoms with Crippen LogP contribution in [0.4, 0.5) is 8.78 Å². The Kier molecular flexibility index (Phi) is 4.01. The van der Waals surface area contributed by atoms with Crippen molar-refractivity contribution in [3.05, 3.63) is 35.4 Å². The molecule has 0 amide bonds. The molecule has 0 aromatic heterocycles. The van der Waals surface area contributed by atoms with E-state index in [9.17, 15) is 8.78 Å². The van der Waals surface area contributed by atoms with Crippen molar-refractivity contribution >= 4 is 0 Å². The van der Waals surface area contributed by atoms with E-state index in [1.165, 1.54) is 12.1 Å². The van der Waals surface area contributed by atoms with Gasteiger partial charge in [0.2, 0.25) is 0 Å². The van der Waals surface area contributed by atoms with Crippen molar-refractivity contribution in [2.45, 2.75) is 26.3 Å². The number of hydrogen-bond acceptors (Lipinski definition) is 1. The van der Waals surface area contributed by atoms with E-state index in [4.69, 9.17) is 0 Å². The lowest BCUT2D eigenvalue weighted by atomic mass is 10.0. The monoisotopic (exact) mass is 199 g/mol. The Hall–Kier alpha value is -0.960. The average Bonchev–Trinajstić information content (AvgIpc) is 2.18. The largest absolute Gasteiger partial charge is 0.310 e. The molecule has 0 saturated heterocycles. The Morgan fingerprint density at radius 2 is 2.00 bits per heavy atom. The third-order valence-electron chi connectivity index (χ3n) is 2.19. The zero-order valence-corrected chi connectivity index (χ0v) is 8.48. The van der Waals surface area contributed by atoms with Crippen LogP contribution in [0.15, 0.2) is 18.2 Å². The van der Waals surface area contributed by atoms with Crippen LogP contribution in [-0.4, -0.2) is 6.54 Å². The van der Waals surface area contributed by atoms with E-state index in [1.54, 1.807) is 0 Å². The predicted molar refractivity (Wildman–Crippen MR) is 53.1 cm³/mol. The first-order chi connectivity index (χ1) is 6.69. The summed E-state index contributed by atoms with van der Waals surface area (Å²) in [5.41, 5.74) is 0.411. The smallest absolute Gasteiger partial charge is 0.128 e. The maximum atomic E-state index is 13.3. The molecule has 1 atom stereocenters. The van der Waals surface area contributed by atoms with Crippen LogP contribution in [0.2, 0.25) is 0 Å². The second-order valence-corrected chi connectivity index (χ2v) is 3.18. The molecule has 1 aromatic carbocycles. The van der Waals surface area contributed by atoms with Crippen LogP contribution in [0.3, 0.4) is 0 Å². The minimum absolute atomic E-state index is 0.101. The topological polar surface area (TPSA) is 12.0 Å². The predicted octanol–water partition coefficient (Wildman–Crippen LogP) is 3.03. The van der Waals surface area contributed by atoms with Gasteiger partial charge in [-0.25, -0.2) is 8.78 Å². The van der Waals surface area contributed by atoms with Gasteiger partial charge >= 0.3 is 0 Å². The van der Waals surface area contributed by atoms with Crippen LogP contribution in [-0.2, 0) is 0 Å². The van der Waals surface area contributed by atoms with Crippen molar-refractivity contribution < 1.29 is 8.78 Å². The Labute approximate surface area is 83.1 Å². The van der Waals surface area contributed by atoms with Crippen molar-refractivity contribution in [3.8, 4) is 0 Å². The first kappa shape index (κ1) is 11.1. The molecule has 0 heterocycles. The highest BCUT2D eigenvalue weighted by molar-refractivity contribution is 5.22. The van der Waals surface area contributed by atoms with Crippen molar-refractivity contribution in [1.29, 1.82) is 0 Å². The molecule has 0 aliphatic heterocycles. The van der Waals surface area contributed by atoms with Crippen LogP contribution in [0.1, 0.15) is 31.9 Å². The summed E-state index contributed by atoms with van der Waals surface area (Å²) in [4.78, 5) is 0. The van der Waals surface area contributed by atoms with Gasteiger partial charge in [0.15, 0.2) is 0 Å². The van der Waals surface area contributed by atoms with Gasteiger partial charge in [0, 0.05) is 11.6 Å². The summed E-state index contributed by atoms with van der Waals surface area (Å²) in [7, 11) is 0. The molecule has 0 bridgehead atoms. The fourth-order valence-corrected chi connectivity index (χ4v) is 1.50. The van der Waals surface area contributed by atoms with Gasteiger partial charge in [0.1, 0.15) is 11.6 Å². The van der Waals surface area contributed by atoms with Crippen molar-refractivity contribution in [2.24, 2.45) is 0 Å². The molecule has 3 heteroatoms. The summed E-state index contributed by atoms with van der Waals surface area (Å²) >= 11 is 0. The van der Waals surface area contributed by atoms with E-state index in [0.29, 0.717) is 5.56 Å². The molecule has 0 aliphatic carbocycles. The van der Waals surface area contributed by atoms with Crippen LogP contribution < -0.4 is 5.32 Å². The molecule has 1 N–H and O–H groups in total. The van der Waals surface area contributed by atoms with Gasteiger partial charge in [-0.2, -0.15) is 0 Å². The highest BCUT2D eigenvalue weighted by atomic mass is 19.1. The molecule has 1 nitrogen and oxygen atoms in total. The van der Waals surface area contributed by atoms with Crippen LogP contribution in [0, 0.1) is 11.6 Å². The summed E-state index contributed by atoms with van der Waals surface area (Å²) < 4.78 is 26.2. The Bertz CT molecular complexity index is 299. The summed E-state index contributed by atoms with van der Waals surface area (Å²) in [5.74, 6) is -0.739. The van der Waals surface area contributed by atoms with E-state index in [2.05, 4.69) is 5.32 Å². The molecular weight excluding hydrogens is 184 g/mol. The van der Waals surface area contributed by atoms with E-state index in [-0.39, 0.29) is 11.9 Å². The third kappa shape index (κ3) is 2.51. The summed E-state index contributed by atoms with van der Waals surface area (Å²) in [6.45, 7) is 4.63. The highest BCUT2D eigenvalue weighted by Gasteiger charge is 2.13. The molecule has 0 saturated carbocycles. The molecule has 0 aliphatic rings. The number of halogens is 2. The SMILES string of the molecule is CCNC(CC)c1cc(F)ccc1F. The first-order valence-corrected chi connectivity index (χ1v) is 4.87. The van der Waals surface area contributed by atoms with E-state index in [1.807, 2.05) is 13.8 Å². The molecule has 14 heavy (non-hydrogen) atoms. The number of hydrogen-bond donors (Lipinski definition) is 1. The van der Waals surface area contributed by atoms with Gasteiger partial charge in [-0.1, -0.05) is 13.8 Å². The minimum Gasteiger partial charge on any atom is -0.310 e. The fourth-order valence-electron chi connectivity index (χ4n) is 1.50. The minimum atomic E-state index is -0.391. The van der Waals surface area contributed by atoms with Gasteiger partial charge in [0.05, 0.1) is 0 Å². The fraction of sp³-hybridized carbons (Fsp3) is 0.455. The highest BCUT2D eigenvalue weighted by Crippen LogP contribution is 2.20. The van der Waals surface area contributed by atoms with Crippen molar-refractivity contribution in [3.63, 3.8) is 0 Å². The molecule has 0 radical (unpaired) electrons. The molecule has 78 valence electrons. The average molecular weight is 199 g/mol. The molecule has 0 fully saturated rings. The zero-order valence-electron chi connectivity index (χ0n) is 8.48. The normalized spacial score (nSPS) is 12.9. The van der Waals surface area contributed by atoms with Gasteiger partial charge in [-0.3, -0.25) is 0 Å². The zero-order chi connectivity index (χ0) is 10.6. The second-order valence-electron chi connectivity index (χ2n) is 3.18. The van der Waals surface area contributed by atoms with Gasteiger partial charge in [-0.05, 0) is 31.2 Å². The number of rotatable bonds is 4. The molecule has 0 spiro atoms. The molecular formula is C11H15F2N. The van der Waals surface area contributed by atoms with E-state index < -0.39 is 5.82 Å². The van der Waals surface area contributed by atoms with Crippen LogP contribution in [0.5, 0.6) is 0 Å². The lowest BCUT2D eigenvalue weighted by Crippen LogP contribution is -2.21. The van der Waals surface area contributed by atoms with Crippen LogP contribution in [0.25, 0.3) is 0 Å². The standard InChI is InChI=1S/C11H15F2N/c1-3-11(14-4-2)9-7-8(12)5-6-10(9)13/h5-7,11,14H,3-4H2,1-2H3. The van der Waals surface area contributed by atoms with Gasteiger partial charge in [-0.15, -0.1) is 0 Å². The Morgan fingerprint density at radius 1 is 1.29 bits per heavy atom. The molecule has 1 unspecified atom stereocenters. The summed E-state index contributed by atoms with van der Waals surface area (Å²) in [5, 5.41) is 3.11. The summed E-state index contributed by atoms with van der Waals surface area (Å²) in [6.07, 6.45) is 0.744. The number of benzene rings is 1. The van der Waals surface area contributed by atoms with Gasteiger partial charge in [0.25, 0.3) is 0 Å². The maximum Gasteiger partial charge on any atom is 0.128 e. The van der Waals surface area contributed by atoms with Crippen molar-refractivity contribution in [2.75, 3.05) is 6.54 Å². The van der Waals surface area contributed by atoms with E-state index >= 15 is 0 Å². The molecule has 1 aromatic rings. The lowest BCUT2D eigenvalue weighted by molar-refractivity contribution is 0.494. The quantitative estimate of drug-likeness (QED) is 0.786. The summed E-state index contributed by atoms with van der Waals surface area (Å²) in [6, 6.07) is 3.46. The van der Waals surface area contributed by atoms with Crippen molar-refractivity contribution in [1.82, 2.24) is 5.32 Å². The number of nitrogens with one attached hydrogen (secondary N) is 1. The van der Waals surface area contributed by atoms with Gasteiger partial charge < -0.3 is 5.32 Å². The molecule has 1 rings (SSSR count). The Balaban J connectivity index is 2.96. The second kappa shape index (κ2) is 5.05. The maximum absolute atomic E-state index is 13.3. The Morgan fingerprint density at radius 3 is 2.57 bits per heavy atom. The van der Waals surface area contributed by atoms with Crippen LogP contribution >= 0.6 is 0 Å². The third-order valence-corrected chi connectivity index (χ3v) is 2.19.